The fraction of sp³-hybridized carbons (Fsp3) is 0.529. The van der Waals surface area contributed by atoms with Gasteiger partial charge in [-0.1, -0.05) is 24.3 Å². The third-order valence-corrected chi connectivity index (χ3v) is 4.12. The Morgan fingerprint density at radius 1 is 1.43 bits per heavy atom. The third-order valence-electron chi connectivity index (χ3n) is 4.12. The van der Waals surface area contributed by atoms with Crippen molar-refractivity contribution in [1.29, 1.82) is 5.26 Å². The molecule has 21 heavy (non-hydrogen) atoms. The van der Waals surface area contributed by atoms with Crippen molar-refractivity contribution in [1.82, 2.24) is 4.90 Å². The van der Waals surface area contributed by atoms with Crippen molar-refractivity contribution < 1.29 is 9.90 Å². The number of aliphatic hydroxyl groups is 1. The van der Waals surface area contributed by atoms with Gasteiger partial charge in [0.1, 0.15) is 0 Å². The van der Waals surface area contributed by atoms with Gasteiger partial charge in [-0.25, -0.2) is 0 Å². The lowest BCUT2D eigenvalue weighted by molar-refractivity contribution is -0.135. The van der Waals surface area contributed by atoms with Crippen LogP contribution in [0.5, 0.6) is 0 Å². The number of hydrogen-bond acceptors (Lipinski definition) is 3. The maximum atomic E-state index is 12.6. The number of amides is 1. The maximum Gasteiger partial charge on any atom is 0.227 e. The molecule has 0 bridgehead atoms. The second kappa shape index (κ2) is 6.28. The van der Waals surface area contributed by atoms with Gasteiger partial charge in [0.2, 0.25) is 5.91 Å². The van der Waals surface area contributed by atoms with Crippen LogP contribution in [0.15, 0.2) is 24.3 Å². The molecule has 1 atom stereocenters. The first kappa shape index (κ1) is 15.5. The van der Waals surface area contributed by atoms with Crippen LogP contribution in [-0.4, -0.2) is 34.1 Å². The molecule has 2 rings (SSSR count). The van der Waals surface area contributed by atoms with E-state index >= 15 is 0 Å². The van der Waals surface area contributed by atoms with Gasteiger partial charge in [0.15, 0.2) is 0 Å². The van der Waals surface area contributed by atoms with Crippen LogP contribution in [0.3, 0.4) is 0 Å². The van der Waals surface area contributed by atoms with E-state index in [1.807, 2.05) is 24.3 Å². The standard InChI is InChI=1S/C17H22N2O2/c1-17(2,21)15-8-5-11-19(15)16(20)12-14-7-4-3-6-13(14)9-10-18/h3-4,6-7,15,21H,5,8-9,11-12H2,1-2H3. The largest absolute Gasteiger partial charge is 0.388 e. The van der Waals surface area contributed by atoms with Gasteiger partial charge in [-0.2, -0.15) is 5.26 Å². The summed E-state index contributed by atoms with van der Waals surface area (Å²) >= 11 is 0. The highest BCUT2D eigenvalue weighted by Crippen LogP contribution is 2.27. The summed E-state index contributed by atoms with van der Waals surface area (Å²) in [6.45, 7) is 4.22. The lowest BCUT2D eigenvalue weighted by Gasteiger charge is -2.34. The van der Waals surface area contributed by atoms with Crippen molar-refractivity contribution in [2.75, 3.05) is 6.54 Å². The Morgan fingerprint density at radius 3 is 2.71 bits per heavy atom. The van der Waals surface area contributed by atoms with Crippen LogP contribution in [0, 0.1) is 11.3 Å². The number of rotatable bonds is 4. The number of benzene rings is 1. The van der Waals surface area contributed by atoms with Gasteiger partial charge in [-0.05, 0) is 37.8 Å². The topological polar surface area (TPSA) is 64.3 Å². The van der Waals surface area contributed by atoms with Crippen LogP contribution in [0.4, 0.5) is 0 Å². The van der Waals surface area contributed by atoms with Crippen molar-refractivity contribution in [3.63, 3.8) is 0 Å². The molecular weight excluding hydrogens is 264 g/mol. The number of carbonyl (C=O) groups is 1. The first-order chi connectivity index (χ1) is 9.93. The molecule has 1 aliphatic heterocycles. The summed E-state index contributed by atoms with van der Waals surface area (Å²) in [6, 6.07) is 9.59. The van der Waals surface area contributed by atoms with Gasteiger partial charge in [-0.3, -0.25) is 4.79 Å². The summed E-state index contributed by atoms with van der Waals surface area (Å²) in [5.41, 5.74) is 0.941. The fourth-order valence-electron chi connectivity index (χ4n) is 3.05. The molecule has 4 heteroatoms. The number of nitrogens with zero attached hydrogens (tertiary/aromatic N) is 2. The Kier molecular flexibility index (Phi) is 4.64. The lowest BCUT2D eigenvalue weighted by atomic mass is 9.96. The minimum absolute atomic E-state index is 0.0324. The zero-order valence-electron chi connectivity index (χ0n) is 12.7. The van der Waals surface area contributed by atoms with E-state index in [-0.39, 0.29) is 11.9 Å². The minimum Gasteiger partial charge on any atom is -0.388 e. The highest BCUT2D eigenvalue weighted by molar-refractivity contribution is 5.80. The molecule has 1 unspecified atom stereocenters. The highest BCUT2D eigenvalue weighted by Gasteiger charge is 2.38. The van der Waals surface area contributed by atoms with Gasteiger partial charge in [-0.15, -0.1) is 0 Å². The van der Waals surface area contributed by atoms with Gasteiger partial charge in [0.25, 0.3) is 0 Å². The van der Waals surface area contributed by atoms with E-state index in [1.54, 1.807) is 18.7 Å². The van der Waals surface area contributed by atoms with Crippen LogP contribution in [0.25, 0.3) is 0 Å². The molecule has 1 amide bonds. The van der Waals surface area contributed by atoms with E-state index < -0.39 is 5.60 Å². The number of likely N-dealkylation sites (tertiary alicyclic amines) is 1. The third kappa shape index (κ3) is 3.62. The van der Waals surface area contributed by atoms with Crippen molar-refractivity contribution in [3.05, 3.63) is 35.4 Å². The molecule has 1 aromatic carbocycles. The summed E-state index contributed by atoms with van der Waals surface area (Å²) in [7, 11) is 0. The van der Waals surface area contributed by atoms with E-state index in [2.05, 4.69) is 6.07 Å². The Hall–Kier alpha value is -1.86. The fourth-order valence-corrected chi connectivity index (χ4v) is 3.05. The molecule has 0 saturated carbocycles. The molecular formula is C17H22N2O2. The summed E-state index contributed by atoms with van der Waals surface area (Å²) < 4.78 is 0. The van der Waals surface area contributed by atoms with Crippen molar-refractivity contribution in [2.45, 2.75) is 51.2 Å². The predicted molar refractivity (Wildman–Crippen MR) is 80.5 cm³/mol. The van der Waals surface area contributed by atoms with Gasteiger partial charge in [0, 0.05) is 6.54 Å². The van der Waals surface area contributed by atoms with E-state index in [0.717, 1.165) is 24.0 Å². The maximum absolute atomic E-state index is 12.6. The smallest absolute Gasteiger partial charge is 0.227 e. The molecule has 0 radical (unpaired) electrons. The first-order valence-corrected chi connectivity index (χ1v) is 7.39. The average molecular weight is 286 g/mol. The van der Waals surface area contributed by atoms with Crippen LogP contribution in [-0.2, 0) is 17.6 Å². The SMILES string of the molecule is CC(C)(O)C1CCCN1C(=O)Cc1ccccc1CC#N. The molecule has 1 aromatic rings. The Labute approximate surface area is 126 Å². The number of carbonyl (C=O) groups excluding carboxylic acids is 1. The molecule has 0 aliphatic carbocycles. The highest BCUT2D eigenvalue weighted by atomic mass is 16.3. The zero-order chi connectivity index (χ0) is 15.5. The van der Waals surface area contributed by atoms with E-state index in [0.29, 0.717) is 19.4 Å². The summed E-state index contributed by atoms with van der Waals surface area (Å²) in [4.78, 5) is 14.4. The number of nitriles is 1. The average Bonchev–Trinajstić information content (AvgIpc) is 2.90. The molecule has 4 nitrogen and oxygen atoms in total. The first-order valence-electron chi connectivity index (χ1n) is 7.39. The molecule has 1 N–H and O–H groups in total. The Morgan fingerprint density at radius 2 is 2.10 bits per heavy atom. The normalized spacial score (nSPS) is 18.6. The van der Waals surface area contributed by atoms with Gasteiger partial charge < -0.3 is 10.0 Å². The molecule has 0 aromatic heterocycles. The minimum atomic E-state index is -0.877. The van der Waals surface area contributed by atoms with Gasteiger partial charge >= 0.3 is 0 Å². The quantitative estimate of drug-likeness (QED) is 0.921. The summed E-state index contributed by atoms with van der Waals surface area (Å²) in [5, 5.41) is 19.1. The molecule has 1 fully saturated rings. The molecule has 0 spiro atoms. The van der Waals surface area contributed by atoms with E-state index in [9.17, 15) is 9.90 Å². The van der Waals surface area contributed by atoms with Crippen LogP contribution >= 0.6 is 0 Å². The van der Waals surface area contributed by atoms with Crippen molar-refractivity contribution in [2.24, 2.45) is 0 Å². The zero-order valence-corrected chi connectivity index (χ0v) is 12.7. The lowest BCUT2D eigenvalue weighted by Crippen LogP contribution is -2.48. The van der Waals surface area contributed by atoms with E-state index in [4.69, 9.17) is 5.26 Å². The predicted octanol–water partition coefficient (Wildman–Crippen LogP) is 2.06. The second-order valence-electron chi connectivity index (χ2n) is 6.18. The summed E-state index contributed by atoms with van der Waals surface area (Å²) in [6.07, 6.45) is 2.39. The molecule has 1 aliphatic rings. The van der Waals surface area contributed by atoms with Gasteiger partial charge in [0.05, 0.1) is 30.6 Å². The second-order valence-corrected chi connectivity index (χ2v) is 6.18. The molecule has 112 valence electrons. The van der Waals surface area contributed by atoms with Crippen LogP contribution < -0.4 is 0 Å². The van der Waals surface area contributed by atoms with Crippen molar-refractivity contribution in [3.8, 4) is 6.07 Å². The Bertz CT molecular complexity index is 555. The van der Waals surface area contributed by atoms with Crippen molar-refractivity contribution >= 4 is 5.91 Å². The van der Waals surface area contributed by atoms with Crippen LogP contribution in [0.2, 0.25) is 0 Å². The van der Waals surface area contributed by atoms with E-state index in [1.165, 1.54) is 0 Å². The monoisotopic (exact) mass is 286 g/mol. The molecule has 1 heterocycles. The number of hydrogen-bond donors (Lipinski definition) is 1. The Balaban J connectivity index is 2.13. The van der Waals surface area contributed by atoms with Crippen LogP contribution in [0.1, 0.15) is 37.8 Å². The molecule has 1 saturated heterocycles. The summed E-state index contributed by atoms with van der Waals surface area (Å²) in [5.74, 6) is 0.0324.